The number of rotatable bonds is 6. The second-order valence-electron chi connectivity index (χ2n) is 6.97. The number of carbonyl (C=O) groups is 4. The number of anilines is 1. The predicted octanol–water partition coefficient (Wildman–Crippen LogP) is 2.44. The lowest BCUT2D eigenvalue weighted by Gasteiger charge is -2.22. The molecule has 156 valence electrons. The van der Waals surface area contributed by atoms with Gasteiger partial charge in [-0.2, -0.15) is 0 Å². The monoisotopic (exact) mass is 413 g/mol. The second-order valence-corrected chi connectivity index (χ2v) is 6.97. The van der Waals surface area contributed by atoms with Gasteiger partial charge in [-0.05, 0) is 42.8 Å². The Kier molecular flexibility index (Phi) is 5.55. The van der Waals surface area contributed by atoms with Gasteiger partial charge in [-0.15, -0.1) is 0 Å². The number of halogens is 1. The van der Waals surface area contributed by atoms with Gasteiger partial charge in [-0.3, -0.25) is 19.3 Å². The zero-order valence-corrected chi connectivity index (χ0v) is 16.6. The first-order chi connectivity index (χ1) is 14.2. The molecule has 0 aromatic heterocycles. The molecule has 0 radical (unpaired) electrons. The molecule has 1 fully saturated rings. The quantitative estimate of drug-likeness (QED) is 0.559. The van der Waals surface area contributed by atoms with E-state index in [2.05, 4.69) is 10.6 Å². The van der Waals surface area contributed by atoms with Gasteiger partial charge in [0.05, 0.1) is 19.2 Å². The van der Waals surface area contributed by atoms with Crippen LogP contribution in [0.15, 0.2) is 42.5 Å². The van der Waals surface area contributed by atoms with Crippen molar-refractivity contribution in [2.75, 3.05) is 19.0 Å². The van der Waals surface area contributed by atoms with Crippen LogP contribution in [0.4, 0.5) is 14.9 Å². The first kappa shape index (κ1) is 21.0. The Bertz CT molecular complexity index is 1040. The normalized spacial score (nSPS) is 18.2. The summed E-state index contributed by atoms with van der Waals surface area (Å²) in [6.07, 6.45) is 0. The van der Waals surface area contributed by atoms with Crippen LogP contribution in [0.2, 0.25) is 0 Å². The predicted molar refractivity (Wildman–Crippen MR) is 106 cm³/mol. The Hall–Kier alpha value is -3.75. The Morgan fingerprint density at radius 1 is 1.17 bits per heavy atom. The summed E-state index contributed by atoms with van der Waals surface area (Å²) >= 11 is 0. The van der Waals surface area contributed by atoms with E-state index in [1.165, 1.54) is 33.1 Å². The average Bonchev–Trinajstić information content (AvgIpc) is 2.91. The summed E-state index contributed by atoms with van der Waals surface area (Å²) < 4.78 is 19.4. The number of methoxy groups -OCH3 is 1. The number of urea groups is 1. The minimum atomic E-state index is -1.36. The molecule has 1 saturated heterocycles. The molecular weight excluding hydrogens is 393 g/mol. The Morgan fingerprint density at radius 3 is 2.40 bits per heavy atom. The third-order valence-electron chi connectivity index (χ3n) is 4.83. The highest BCUT2D eigenvalue weighted by molar-refractivity contribution is 6.11. The number of hydrogen-bond acceptors (Lipinski definition) is 5. The van der Waals surface area contributed by atoms with Crippen LogP contribution in [0.1, 0.15) is 29.8 Å². The SMILES string of the molecule is COc1ccc([C@@]2(C)NC(=O)N(CC(=O)c3ccc(NC(C)=O)cc3F)C2=O)cc1. The third kappa shape index (κ3) is 3.86. The van der Waals surface area contributed by atoms with Gasteiger partial charge in [0.1, 0.15) is 17.1 Å². The zero-order chi connectivity index (χ0) is 22.1. The lowest BCUT2D eigenvalue weighted by Crippen LogP contribution is -2.41. The van der Waals surface area contributed by atoms with Crippen LogP contribution in [0.25, 0.3) is 0 Å². The number of hydrogen-bond donors (Lipinski definition) is 2. The van der Waals surface area contributed by atoms with Crippen molar-refractivity contribution in [1.82, 2.24) is 10.2 Å². The van der Waals surface area contributed by atoms with Crippen molar-refractivity contribution in [1.29, 1.82) is 0 Å². The van der Waals surface area contributed by atoms with Gasteiger partial charge >= 0.3 is 6.03 Å². The highest BCUT2D eigenvalue weighted by Gasteiger charge is 2.49. The standard InChI is InChI=1S/C21H20FN3O5/c1-12(26)23-14-6-9-16(17(22)10-14)18(27)11-25-19(28)21(2,24-20(25)29)13-4-7-15(30-3)8-5-13/h4-10H,11H2,1-3H3,(H,23,26)(H,24,29)/t21-/m1/s1. The molecule has 2 N–H and O–H groups in total. The number of nitrogens with one attached hydrogen (secondary N) is 2. The lowest BCUT2D eigenvalue weighted by molar-refractivity contribution is -0.130. The molecule has 0 bridgehead atoms. The molecule has 8 nitrogen and oxygen atoms in total. The fourth-order valence-corrected chi connectivity index (χ4v) is 3.21. The van der Waals surface area contributed by atoms with E-state index >= 15 is 0 Å². The van der Waals surface area contributed by atoms with E-state index in [1.807, 2.05) is 0 Å². The molecule has 0 spiro atoms. The molecule has 1 aliphatic rings. The summed E-state index contributed by atoms with van der Waals surface area (Å²) in [5.41, 5.74) is -0.943. The summed E-state index contributed by atoms with van der Waals surface area (Å²) in [5.74, 6) is -2.03. The number of ketones is 1. The summed E-state index contributed by atoms with van der Waals surface area (Å²) in [4.78, 5) is 49.7. The van der Waals surface area contributed by atoms with E-state index in [4.69, 9.17) is 4.74 Å². The van der Waals surface area contributed by atoms with Gasteiger partial charge in [-0.1, -0.05) is 12.1 Å². The maximum Gasteiger partial charge on any atom is 0.325 e. The highest BCUT2D eigenvalue weighted by atomic mass is 19.1. The maximum atomic E-state index is 14.3. The number of carbonyl (C=O) groups excluding carboxylic acids is 4. The molecule has 30 heavy (non-hydrogen) atoms. The molecule has 1 aliphatic heterocycles. The van der Waals surface area contributed by atoms with Crippen LogP contribution >= 0.6 is 0 Å². The largest absolute Gasteiger partial charge is 0.497 e. The Labute approximate surface area is 172 Å². The lowest BCUT2D eigenvalue weighted by atomic mass is 9.92. The first-order valence-corrected chi connectivity index (χ1v) is 9.04. The van der Waals surface area contributed by atoms with E-state index in [-0.39, 0.29) is 17.2 Å². The van der Waals surface area contributed by atoms with Gasteiger partial charge in [-0.25, -0.2) is 9.18 Å². The van der Waals surface area contributed by atoms with Crippen LogP contribution in [-0.4, -0.2) is 42.2 Å². The number of nitrogens with zero attached hydrogens (tertiary/aromatic N) is 1. The highest BCUT2D eigenvalue weighted by Crippen LogP contribution is 2.30. The fourth-order valence-electron chi connectivity index (χ4n) is 3.21. The minimum absolute atomic E-state index is 0.193. The molecule has 9 heteroatoms. The molecule has 0 aliphatic carbocycles. The number of ether oxygens (including phenoxy) is 1. The van der Waals surface area contributed by atoms with Crippen LogP contribution in [0, 0.1) is 5.82 Å². The molecule has 1 atom stereocenters. The second kappa shape index (κ2) is 7.94. The van der Waals surface area contributed by atoms with E-state index < -0.39 is 35.6 Å². The first-order valence-electron chi connectivity index (χ1n) is 9.04. The van der Waals surface area contributed by atoms with Gasteiger partial charge < -0.3 is 15.4 Å². The van der Waals surface area contributed by atoms with Crippen molar-refractivity contribution >= 4 is 29.3 Å². The molecule has 2 aromatic carbocycles. The summed E-state index contributed by atoms with van der Waals surface area (Å²) in [6, 6.07) is 9.41. The minimum Gasteiger partial charge on any atom is -0.497 e. The summed E-state index contributed by atoms with van der Waals surface area (Å²) in [7, 11) is 1.51. The van der Waals surface area contributed by atoms with Crippen molar-refractivity contribution in [3.8, 4) is 5.75 Å². The Balaban J connectivity index is 1.79. The van der Waals surface area contributed by atoms with Crippen molar-refractivity contribution < 1.29 is 28.3 Å². The number of Topliss-reactive ketones (excluding diaryl/α,β-unsaturated/α-hetero) is 1. The maximum absolute atomic E-state index is 14.3. The van der Waals surface area contributed by atoms with Crippen LogP contribution in [-0.2, 0) is 15.1 Å². The molecular formula is C21H20FN3O5. The van der Waals surface area contributed by atoms with Crippen LogP contribution in [0.3, 0.4) is 0 Å². The van der Waals surface area contributed by atoms with E-state index in [0.717, 1.165) is 11.0 Å². The van der Waals surface area contributed by atoms with Crippen LogP contribution < -0.4 is 15.4 Å². The van der Waals surface area contributed by atoms with Crippen LogP contribution in [0.5, 0.6) is 5.75 Å². The van der Waals surface area contributed by atoms with Gasteiger partial charge in [0.25, 0.3) is 5.91 Å². The number of benzene rings is 2. The molecule has 0 saturated carbocycles. The molecule has 2 aromatic rings. The fraction of sp³-hybridized carbons (Fsp3) is 0.238. The van der Waals surface area contributed by atoms with E-state index in [0.29, 0.717) is 11.3 Å². The number of imide groups is 1. The van der Waals surface area contributed by atoms with E-state index in [9.17, 15) is 23.6 Å². The van der Waals surface area contributed by atoms with Gasteiger partial charge in [0.2, 0.25) is 5.91 Å². The summed E-state index contributed by atoms with van der Waals surface area (Å²) in [6.45, 7) is 2.18. The zero-order valence-electron chi connectivity index (χ0n) is 16.6. The van der Waals surface area contributed by atoms with Crippen molar-refractivity contribution in [3.63, 3.8) is 0 Å². The van der Waals surface area contributed by atoms with Gasteiger partial charge in [0.15, 0.2) is 5.78 Å². The van der Waals surface area contributed by atoms with Crippen molar-refractivity contribution in [2.24, 2.45) is 0 Å². The molecule has 1 heterocycles. The summed E-state index contributed by atoms with van der Waals surface area (Å²) in [5, 5.41) is 5.00. The molecule has 4 amide bonds. The average molecular weight is 413 g/mol. The van der Waals surface area contributed by atoms with E-state index in [1.54, 1.807) is 24.3 Å². The van der Waals surface area contributed by atoms with Gasteiger partial charge in [0, 0.05) is 12.6 Å². The smallest absolute Gasteiger partial charge is 0.325 e. The third-order valence-corrected chi connectivity index (χ3v) is 4.83. The molecule has 3 rings (SSSR count). The molecule has 0 unspecified atom stereocenters. The van der Waals surface area contributed by atoms with Crippen molar-refractivity contribution in [2.45, 2.75) is 19.4 Å². The number of amides is 4. The topological polar surface area (TPSA) is 105 Å². The van der Waals surface area contributed by atoms with Crippen molar-refractivity contribution in [3.05, 3.63) is 59.4 Å². The Morgan fingerprint density at radius 2 is 1.83 bits per heavy atom.